The van der Waals surface area contributed by atoms with E-state index < -0.39 is 6.10 Å². The predicted molar refractivity (Wildman–Crippen MR) is 353 cm³/mol. The van der Waals surface area contributed by atoms with Gasteiger partial charge in [-0.05, 0) is 96.3 Å². The molecule has 468 valence electrons. The Hall–Kier alpha value is -3.41. The fourth-order valence-corrected chi connectivity index (χ4v) is 10.2. The first kappa shape index (κ1) is 77.6. The van der Waals surface area contributed by atoms with Crippen molar-refractivity contribution in [3.8, 4) is 0 Å². The van der Waals surface area contributed by atoms with E-state index in [0.29, 0.717) is 19.3 Å². The van der Waals surface area contributed by atoms with Gasteiger partial charge in [0.1, 0.15) is 13.2 Å². The third kappa shape index (κ3) is 67.3. The summed E-state index contributed by atoms with van der Waals surface area (Å²) in [7, 11) is 0. The number of carbonyl (C=O) groups is 3. The molecule has 0 aliphatic rings. The largest absolute Gasteiger partial charge is 0.462 e. The highest BCUT2D eigenvalue weighted by molar-refractivity contribution is 5.71. The minimum absolute atomic E-state index is 0.0769. The summed E-state index contributed by atoms with van der Waals surface area (Å²) in [6.45, 7) is 6.48. The molecule has 0 aromatic heterocycles. The van der Waals surface area contributed by atoms with Crippen molar-refractivity contribution in [3.63, 3.8) is 0 Å². The smallest absolute Gasteiger partial charge is 0.306 e. The molecule has 0 amide bonds. The fraction of sp³-hybridized carbons (Fsp3) is 0.773. The molecule has 1 unspecified atom stereocenters. The Balaban J connectivity index is 3.98. The van der Waals surface area contributed by atoms with Crippen molar-refractivity contribution in [2.45, 2.75) is 361 Å². The van der Waals surface area contributed by atoms with Gasteiger partial charge in [-0.3, -0.25) is 14.4 Å². The van der Waals surface area contributed by atoms with E-state index in [2.05, 4.69) is 106 Å². The van der Waals surface area contributed by atoms with E-state index in [-0.39, 0.29) is 31.1 Å². The lowest BCUT2D eigenvalue weighted by Crippen LogP contribution is -2.30. The van der Waals surface area contributed by atoms with Gasteiger partial charge in [0.2, 0.25) is 0 Å². The van der Waals surface area contributed by atoms with Gasteiger partial charge in [0.25, 0.3) is 0 Å². The maximum Gasteiger partial charge on any atom is 0.306 e. The van der Waals surface area contributed by atoms with Gasteiger partial charge in [0.05, 0.1) is 0 Å². The molecule has 0 aromatic carbocycles. The van der Waals surface area contributed by atoms with Crippen LogP contribution in [0.5, 0.6) is 0 Å². The SMILES string of the molecule is CC/C=C\C/C=C\C/C=C\C/C=C\C/C=C\C/C=C\CCCCCCCCCCC(=O)OC(COC(=O)CCCCCCC)COC(=O)CCCCCCCCCCCCCCCCCCCCC/C=C\CCCCCCCCCC. The van der Waals surface area contributed by atoms with Crippen LogP contribution < -0.4 is 0 Å². The Morgan fingerprint density at radius 3 is 0.765 bits per heavy atom. The van der Waals surface area contributed by atoms with Gasteiger partial charge in [-0.25, -0.2) is 0 Å². The van der Waals surface area contributed by atoms with Crippen LogP contribution in [0.25, 0.3) is 0 Å². The van der Waals surface area contributed by atoms with Crippen molar-refractivity contribution >= 4 is 17.9 Å². The summed E-state index contributed by atoms with van der Waals surface area (Å²) in [6.07, 6.45) is 92.4. The highest BCUT2D eigenvalue weighted by atomic mass is 16.6. The molecule has 0 fully saturated rings. The lowest BCUT2D eigenvalue weighted by atomic mass is 10.0. The van der Waals surface area contributed by atoms with Crippen LogP contribution in [0.3, 0.4) is 0 Å². The summed E-state index contributed by atoms with van der Waals surface area (Å²) in [5.74, 6) is -0.885. The van der Waals surface area contributed by atoms with Crippen molar-refractivity contribution in [1.82, 2.24) is 0 Å². The van der Waals surface area contributed by atoms with Crippen LogP contribution in [0.2, 0.25) is 0 Å². The summed E-state index contributed by atoms with van der Waals surface area (Å²) in [5.41, 5.74) is 0. The second kappa shape index (κ2) is 69.1. The molecule has 1 atom stereocenters. The Morgan fingerprint density at radius 2 is 0.481 bits per heavy atom. The van der Waals surface area contributed by atoms with Gasteiger partial charge in [0, 0.05) is 19.3 Å². The van der Waals surface area contributed by atoms with E-state index >= 15 is 0 Å². The average molecular weight is 1130 g/mol. The van der Waals surface area contributed by atoms with E-state index in [1.165, 1.54) is 205 Å². The average Bonchev–Trinajstić information content (AvgIpc) is 3.47. The first-order chi connectivity index (χ1) is 40.0. The summed E-state index contributed by atoms with van der Waals surface area (Å²) in [5, 5.41) is 0. The number of carbonyl (C=O) groups excluding carboxylic acids is 3. The van der Waals surface area contributed by atoms with Gasteiger partial charge in [-0.2, -0.15) is 0 Å². The predicted octanol–water partition coefficient (Wildman–Crippen LogP) is 24.2. The fourth-order valence-electron chi connectivity index (χ4n) is 10.2. The minimum Gasteiger partial charge on any atom is -0.462 e. The molecule has 0 aliphatic heterocycles. The van der Waals surface area contributed by atoms with E-state index in [1.54, 1.807) is 0 Å². The van der Waals surface area contributed by atoms with Crippen LogP contribution in [0.15, 0.2) is 85.1 Å². The van der Waals surface area contributed by atoms with Gasteiger partial charge in [0.15, 0.2) is 6.10 Å². The number of allylic oxidation sites excluding steroid dienone is 14. The van der Waals surface area contributed by atoms with Crippen molar-refractivity contribution in [1.29, 1.82) is 0 Å². The third-order valence-electron chi connectivity index (χ3n) is 15.4. The summed E-state index contributed by atoms with van der Waals surface area (Å²) in [6, 6.07) is 0. The number of hydrogen-bond acceptors (Lipinski definition) is 6. The Bertz CT molecular complexity index is 1530. The molecule has 0 saturated carbocycles. The molecule has 0 radical (unpaired) electrons. The molecular formula is C75H132O6. The number of hydrogen-bond donors (Lipinski definition) is 0. The van der Waals surface area contributed by atoms with Gasteiger partial charge in [-0.15, -0.1) is 0 Å². The van der Waals surface area contributed by atoms with Crippen LogP contribution in [-0.4, -0.2) is 37.2 Å². The molecule has 0 N–H and O–H groups in total. The number of unbranched alkanes of at least 4 members (excludes halogenated alkanes) is 39. The van der Waals surface area contributed by atoms with Crippen LogP contribution in [0.4, 0.5) is 0 Å². The second-order valence-corrected chi connectivity index (χ2v) is 23.4. The minimum atomic E-state index is -0.778. The maximum absolute atomic E-state index is 12.9. The van der Waals surface area contributed by atoms with Crippen LogP contribution in [0.1, 0.15) is 355 Å². The van der Waals surface area contributed by atoms with Gasteiger partial charge >= 0.3 is 17.9 Å². The van der Waals surface area contributed by atoms with Crippen LogP contribution in [0, 0.1) is 0 Å². The third-order valence-corrected chi connectivity index (χ3v) is 15.4. The van der Waals surface area contributed by atoms with Crippen LogP contribution >= 0.6 is 0 Å². The lowest BCUT2D eigenvalue weighted by molar-refractivity contribution is -0.167. The van der Waals surface area contributed by atoms with Crippen LogP contribution in [-0.2, 0) is 28.6 Å². The van der Waals surface area contributed by atoms with E-state index in [0.717, 1.165) is 109 Å². The zero-order valence-electron chi connectivity index (χ0n) is 53.8. The first-order valence-electron chi connectivity index (χ1n) is 35.1. The molecule has 0 aromatic rings. The molecule has 81 heavy (non-hydrogen) atoms. The lowest BCUT2D eigenvalue weighted by Gasteiger charge is -2.18. The molecule has 0 spiro atoms. The number of esters is 3. The monoisotopic (exact) mass is 1130 g/mol. The molecule has 6 nitrogen and oxygen atoms in total. The molecule has 0 bridgehead atoms. The Labute approximate surface area is 503 Å². The molecule has 0 aliphatic carbocycles. The van der Waals surface area contributed by atoms with Crippen molar-refractivity contribution in [3.05, 3.63) is 85.1 Å². The molecule has 0 saturated heterocycles. The van der Waals surface area contributed by atoms with E-state index in [4.69, 9.17) is 14.2 Å². The van der Waals surface area contributed by atoms with Crippen molar-refractivity contribution in [2.75, 3.05) is 13.2 Å². The molecule has 0 heterocycles. The highest BCUT2D eigenvalue weighted by Crippen LogP contribution is 2.18. The zero-order chi connectivity index (χ0) is 58.5. The first-order valence-corrected chi connectivity index (χ1v) is 35.1. The van der Waals surface area contributed by atoms with E-state index in [1.807, 2.05) is 0 Å². The number of rotatable bonds is 64. The quantitative estimate of drug-likeness (QED) is 0.0261. The molecular weight excluding hydrogens is 997 g/mol. The van der Waals surface area contributed by atoms with Gasteiger partial charge < -0.3 is 14.2 Å². The summed E-state index contributed by atoms with van der Waals surface area (Å²) in [4.78, 5) is 38.0. The molecule has 0 rings (SSSR count). The standard InChI is InChI=1S/C75H132O6/c1-4-7-10-13-15-17-19-21-23-25-27-29-31-33-35-36-37-38-40-41-43-45-47-49-51-53-55-57-59-62-65-68-74(77)80-71-72(70-79-73(76)67-64-61-12-9-6-3)81-75(78)69-66-63-60-58-56-54-52-50-48-46-44-42-39-34-32-30-28-26-24-22-20-18-16-14-11-8-5-2/h8,11,16,18,22,24-25,27-28,30,34,39,44,46,72H,4-7,9-10,12-15,17,19-21,23,26,29,31-33,35-38,40-43,45,47-71H2,1-3H3/b11-8-,18-16-,24-22-,27-25-,30-28-,39-34-,46-44-. The van der Waals surface area contributed by atoms with Crippen molar-refractivity contribution < 1.29 is 28.6 Å². The second-order valence-electron chi connectivity index (χ2n) is 23.4. The number of ether oxygens (including phenoxy) is 3. The van der Waals surface area contributed by atoms with E-state index in [9.17, 15) is 14.4 Å². The summed E-state index contributed by atoms with van der Waals surface area (Å²) < 4.78 is 16.8. The maximum atomic E-state index is 12.9. The highest BCUT2D eigenvalue weighted by Gasteiger charge is 2.19. The Kier molecular flexibility index (Phi) is 66.2. The molecule has 6 heteroatoms. The van der Waals surface area contributed by atoms with Gasteiger partial charge in [-0.1, -0.05) is 324 Å². The van der Waals surface area contributed by atoms with Crippen molar-refractivity contribution in [2.24, 2.45) is 0 Å². The topological polar surface area (TPSA) is 78.9 Å². The normalized spacial score (nSPS) is 12.6. The zero-order valence-corrected chi connectivity index (χ0v) is 53.8. The Morgan fingerprint density at radius 1 is 0.259 bits per heavy atom. The summed E-state index contributed by atoms with van der Waals surface area (Å²) >= 11 is 0.